The number of aryl methyl sites for hydroxylation is 1. The molecule has 7 heteroatoms. The molecule has 0 bridgehead atoms. The molecule has 0 saturated carbocycles. The summed E-state index contributed by atoms with van der Waals surface area (Å²) >= 11 is 0. The second-order valence-electron chi connectivity index (χ2n) is 3.77. The van der Waals surface area contributed by atoms with Crippen LogP contribution >= 0.6 is 0 Å². The number of aromatic carboxylic acids is 1. The lowest BCUT2D eigenvalue weighted by Crippen LogP contribution is -1.99. The van der Waals surface area contributed by atoms with Gasteiger partial charge in [0.1, 0.15) is 0 Å². The Morgan fingerprint density at radius 1 is 1.28 bits per heavy atom. The highest BCUT2D eigenvalue weighted by Gasteiger charge is 2.13. The van der Waals surface area contributed by atoms with Gasteiger partial charge < -0.3 is 5.11 Å². The van der Waals surface area contributed by atoms with Crippen LogP contribution in [-0.4, -0.2) is 35.2 Å². The van der Waals surface area contributed by atoms with E-state index in [4.69, 9.17) is 5.11 Å². The predicted molar refractivity (Wildman–Crippen MR) is 62.1 cm³/mol. The number of rotatable bonds is 2. The molecule has 0 unspecified atom stereocenters. The van der Waals surface area contributed by atoms with E-state index in [9.17, 15) is 4.79 Å². The maximum Gasteiger partial charge on any atom is 0.356 e. The molecular weight excluding hydrogens is 234 g/mol. The fraction of sp³-hybridized carbons (Fsp3) is 0.0909. The number of nitrogens with zero attached hydrogens (tertiary/aromatic N) is 5. The lowest BCUT2D eigenvalue weighted by Gasteiger charge is -2.04. The van der Waals surface area contributed by atoms with Gasteiger partial charge in [-0.1, -0.05) is 0 Å². The lowest BCUT2D eigenvalue weighted by molar-refractivity contribution is 0.0691. The Hall–Kier alpha value is -2.70. The molecule has 0 atom stereocenters. The number of carboxylic acids is 1. The van der Waals surface area contributed by atoms with E-state index < -0.39 is 5.97 Å². The van der Waals surface area contributed by atoms with Crippen molar-refractivity contribution in [2.24, 2.45) is 7.05 Å². The third-order valence-electron chi connectivity index (χ3n) is 2.67. The van der Waals surface area contributed by atoms with Crippen LogP contribution in [-0.2, 0) is 7.05 Å². The lowest BCUT2D eigenvalue weighted by atomic mass is 10.3. The average Bonchev–Trinajstić information content (AvgIpc) is 2.94. The molecule has 0 spiro atoms. The van der Waals surface area contributed by atoms with Crippen molar-refractivity contribution in [3.8, 4) is 11.4 Å². The Morgan fingerprint density at radius 2 is 2.06 bits per heavy atom. The van der Waals surface area contributed by atoms with E-state index in [1.807, 2.05) is 13.1 Å². The highest BCUT2D eigenvalue weighted by Crippen LogP contribution is 2.19. The van der Waals surface area contributed by atoms with E-state index in [1.165, 1.54) is 6.20 Å². The summed E-state index contributed by atoms with van der Waals surface area (Å²) in [5.74, 6) is -0.720. The van der Waals surface area contributed by atoms with Gasteiger partial charge in [0.2, 0.25) is 5.78 Å². The maximum absolute atomic E-state index is 10.9. The molecule has 3 aromatic heterocycles. The minimum atomic E-state index is -1.07. The Kier molecular flexibility index (Phi) is 2.12. The van der Waals surface area contributed by atoms with Crippen LogP contribution in [0, 0.1) is 0 Å². The van der Waals surface area contributed by atoms with Crippen LogP contribution in [0.3, 0.4) is 0 Å². The molecule has 0 aromatic carbocycles. The van der Waals surface area contributed by atoms with E-state index in [-0.39, 0.29) is 5.69 Å². The monoisotopic (exact) mass is 243 g/mol. The molecular formula is C11H9N5O2. The van der Waals surface area contributed by atoms with Gasteiger partial charge in [0.05, 0.1) is 11.4 Å². The summed E-state index contributed by atoms with van der Waals surface area (Å²) in [6.45, 7) is 0. The summed E-state index contributed by atoms with van der Waals surface area (Å²) < 4.78 is 3.34. The molecule has 0 radical (unpaired) electrons. The van der Waals surface area contributed by atoms with Crippen LogP contribution in [0.25, 0.3) is 17.2 Å². The van der Waals surface area contributed by atoms with Crippen LogP contribution in [0.5, 0.6) is 0 Å². The normalized spacial score (nSPS) is 10.9. The third-order valence-corrected chi connectivity index (χ3v) is 2.67. The number of carbonyl (C=O) groups is 1. The fourth-order valence-corrected chi connectivity index (χ4v) is 1.83. The Bertz CT molecular complexity index is 743. The maximum atomic E-state index is 10.9. The molecule has 90 valence electrons. The van der Waals surface area contributed by atoms with Gasteiger partial charge in [-0.05, 0) is 12.1 Å². The van der Waals surface area contributed by atoms with Gasteiger partial charge >= 0.3 is 5.97 Å². The topological polar surface area (TPSA) is 85.3 Å². The van der Waals surface area contributed by atoms with Crippen LogP contribution in [0.1, 0.15) is 10.5 Å². The zero-order chi connectivity index (χ0) is 12.7. The molecule has 3 heterocycles. The summed E-state index contributed by atoms with van der Waals surface area (Å²) in [6.07, 6.45) is 4.72. The van der Waals surface area contributed by atoms with Gasteiger partial charge in [-0.15, -0.1) is 0 Å². The van der Waals surface area contributed by atoms with Crippen molar-refractivity contribution in [1.82, 2.24) is 24.1 Å². The highest BCUT2D eigenvalue weighted by molar-refractivity contribution is 5.86. The number of fused-ring (bicyclic) bond motifs is 1. The van der Waals surface area contributed by atoms with Gasteiger partial charge in [0.25, 0.3) is 0 Å². The second-order valence-corrected chi connectivity index (χ2v) is 3.77. The van der Waals surface area contributed by atoms with Crippen molar-refractivity contribution in [2.45, 2.75) is 0 Å². The molecule has 0 fully saturated rings. The largest absolute Gasteiger partial charge is 0.476 e. The summed E-state index contributed by atoms with van der Waals surface area (Å²) in [6, 6.07) is 3.63. The minimum absolute atomic E-state index is 0.0304. The second kappa shape index (κ2) is 3.66. The first kappa shape index (κ1) is 10.5. The van der Waals surface area contributed by atoms with Crippen molar-refractivity contribution in [2.75, 3.05) is 0 Å². The molecule has 0 aliphatic heterocycles. The molecule has 1 N–H and O–H groups in total. The van der Waals surface area contributed by atoms with Crippen molar-refractivity contribution in [3.63, 3.8) is 0 Å². The van der Waals surface area contributed by atoms with Crippen LogP contribution in [0.4, 0.5) is 0 Å². The Morgan fingerprint density at radius 3 is 2.72 bits per heavy atom. The van der Waals surface area contributed by atoms with Crippen molar-refractivity contribution >= 4 is 11.7 Å². The molecule has 0 aliphatic rings. The first-order valence-electron chi connectivity index (χ1n) is 5.22. The van der Waals surface area contributed by atoms with Crippen molar-refractivity contribution in [3.05, 3.63) is 36.4 Å². The molecule has 0 saturated heterocycles. The molecule has 0 amide bonds. The van der Waals surface area contributed by atoms with Gasteiger partial charge in [-0.3, -0.25) is 9.08 Å². The number of hydrogen-bond donors (Lipinski definition) is 1. The SMILES string of the molecule is Cn1nccc1-c1ccnc2nc(C(=O)O)cn12. The number of hydrogen-bond acceptors (Lipinski definition) is 4. The molecule has 0 aliphatic carbocycles. The first-order chi connectivity index (χ1) is 8.66. The molecule has 18 heavy (non-hydrogen) atoms. The van der Waals surface area contributed by atoms with Gasteiger partial charge in [-0.2, -0.15) is 5.10 Å². The highest BCUT2D eigenvalue weighted by atomic mass is 16.4. The third kappa shape index (κ3) is 1.45. The standard InChI is InChI=1S/C11H9N5O2/c1-15-8(3-5-13-15)9-2-4-12-11-14-7(10(17)18)6-16(9)11/h2-6H,1H3,(H,17,18). The van der Waals surface area contributed by atoms with E-state index in [0.29, 0.717) is 5.78 Å². The summed E-state index contributed by atoms with van der Waals surface area (Å²) in [5, 5.41) is 13.0. The molecule has 3 aromatic rings. The van der Waals surface area contributed by atoms with E-state index in [2.05, 4.69) is 15.1 Å². The van der Waals surface area contributed by atoms with Crippen molar-refractivity contribution in [1.29, 1.82) is 0 Å². The van der Waals surface area contributed by atoms with E-state index in [1.54, 1.807) is 27.5 Å². The number of aromatic nitrogens is 5. The van der Waals surface area contributed by atoms with Crippen molar-refractivity contribution < 1.29 is 9.90 Å². The van der Waals surface area contributed by atoms with Gasteiger partial charge in [-0.25, -0.2) is 14.8 Å². The average molecular weight is 243 g/mol. The summed E-state index contributed by atoms with van der Waals surface area (Å²) in [4.78, 5) is 18.9. The number of imidazole rings is 1. The van der Waals surface area contributed by atoms with E-state index >= 15 is 0 Å². The zero-order valence-electron chi connectivity index (χ0n) is 9.48. The van der Waals surface area contributed by atoms with Crippen LogP contribution < -0.4 is 0 Å². The Labute approximate surface area is 101 Å². The van der Waals surface area contributed by atoms with Gasteiger partial charge in [0, 0.05) is 25.6 Å². The Balaban J connectivity index is 2.30. The molecule has 7 nitrogen and oxygen atoms in total. The zero-order valence-corrected chi connectivity index (χ0v) is 9.48. The quantitative estimate of drug-likeness (QED) is 0.720. The summed E-state index contributed by atoms with van der Waals surface area (Å²) in [5.41, 5.74) is 1.62. The summed E-state index contributed by atoms with van der Waals surface area (Å²) in [7, 11) is 1.82. The fourth-order valence-electron chi connectivity index (χ4n) is 1.83. The first-order valence-corrected chi connectivity index (χ1v) is 5.22. The van der Waals surface area contributed by atoms with Crippen LogP contribution in [0.15, 0.2) is 30.7 Å². The number of carboxylic acid groups (broad SMARTS) is 1. The van der Waals surface area contributed by atoms with Gasteiger partial charge in [0.15, 0.2) is 5.69 Å². The van der Waals surface area contributed by atoms with E-state index in [0.717, 1.165) is 11.4 Å². The smallest absolute Gasteiger partial charge is 0.356 e. The molecule has 3 rings (SSSR count). The minimum Gasteiger partial charge on any atom is -0.476 e. The van der Waals surface area contributed by atoms with Crippen LogP contribution in [0.2, 0.25) is 0 Å². The predicted octanol–water partition coefficient (Wildman–Crippen LogP) is 0.828.